The van der Waals surface area contributed by atoms with Crippen LogP contribution in [-0.4, -0.2) is 153 Å². The molecule has 0 saturated heterocycles. The van der Waals surface area contributed by atoms with Crippen LogP contribution in [-0.2, 0) is 64.0 Å². The number of nitrogens with one attached hydrogen (secondary N) is 11. The monoisotopic (exact) mass is 878 g/mol. The molecule has 0 aliphatic heterocycles. The highest BCUT2D eigenvalue weighted by molar-refractivity contribution is 7.98. The Labute approximate surface area is 355 Å². The molecule has 1 aromatic carbocycles. The number of primary amides is 1. The smallest absolute Gasteiger partial charge is 0.243 e. The number of rotatable bonds is 27. The summed E-state index contributed by atoms with van der Waals surface area (Å²) in [6, 6.07) is 4.14. The topological polar surface area (TPSA) is 363 Å². The predicted molar refractivity (Wildman–Crippen MR) is 218 cm³/mol. The third kappa shape index (κ3) is 23.4. The number of thioether (sulfide) groups is 1. The summed E-state index contributed by atoms with van der Waals surface area (Å²) in [5.41, 5.74) is 5.95. The molecule has 0 aliphatic rings. The fourth-order valence-corrected chi connectivity index (χ4v) is 5.28. The molecule has 0 heterocycles. The number of carbonyl (C=O) groups is 12. The summed E-state index contributed by atoms with van der Waals surface area (Å²) in [4.78, 5) is 147. The highest BCUT2D eigenvalue weighted by Crippen LogP contribution is 2.04. The molecule has 0 spiro atoms. The van der Waals surface area contributed by atoms with E-state index in [1.54, 1.807) is 36.6 Å². The Balaban J connectivity index is 2.54. The maximum Gasteiger partial charge on any atom is 0.243 e. The maximum absolute atomic E-state index is 12.9. The number of carbonyl (C=O) groups excluding carboxylic acids is 12. The summed E-state index contributed by atoms with van der Waals surface area (Å²) >= 11 is 1.38. The van der Waals surface area contributed by atoms with Gasteiger partial charge in [-0.25, -0.2) is 0 Å². The van der Waals surface area contributed by atoms with E-state index < -0.39 is 134 Å². The summed E-state index contributed by atoms with van der Waals surface area (Å²) in [6.07, 6.45) is 1.44. The predicted octanol–water partition coefficient (Wildman–Crippen LogP) is -6.72. The molecule has 0 unspecified atom stereocenters. The molecule has 0 aromatic heterocycles. The van der Waals surface area contributed by atoms with Crippen LogP contribution in [0.3, 0.4) is 0 Å². The van der Waals surface area contributed by atoms with Crippen molar-refractivity contribution in [3.63, 3.8) is 0 Å². The van der Waals surface area contributed by atoms with Gasteiger partial charge in [-0.2, -0.15) is 11.8 Å². The maximum atomic E-state index is 12.9. The van der Waals surface area contributed by atoms with Crippen LogP contribution >= 0.6 is 11.8 Å². The lowest BCUT2D eigenvalue weighted by atomic mass is 10.1. The zero-order valence-corrected chi connectivity index (χ0v) is 35.0. The first-order valence-electron chi connectivity index (χ1n) is 18.7. The van der Waals surface area contributed by atoms with Crippen molar-refractivity contribution in [1.82, 2.24) is 58.5 Å². The minimum absolute atomic E-state index is 0.149. The number of likely N-dealkylation sites (N-methyl/N-ethyl adjacent to an activating group) is 1. The Kier molecular flexibility index (Phi) is 24.5. The van der Waals surface area contributed by atoms with Crippen LogP contribution in [0, 0.1) is 0 Å². The van der Waals surface area contributed by atoms with Crippen molar-refractivity contribution >= 4 is 82.6 Å². The lowest BCUT2D eigenvalue weighted by Gasteiger charge is -2.20. The second-order valence-corrected chi connectivity index (χ2v) is 14.0. The molecule has 336 valence electrons. The van der Waals surface area contributed by atoms with Gasteiger partial charge in [0, 0.05) is 20.4 Å². The number of amides is 12. The summed E-state index contributed by atoms with van der Waals surface area (Å²) < 4.78 is 0. The highest BCUT2D eigenvalue weighted by Gasteiger charge is 2.27. The van der Waals surface area contributed by atoms with E-state index in [4.69, 9.17) is 5.73 Å². The fraction of sp³-hybridized carbons (Fsp3) is 0.500. The first-order valence-corrected chi connectivity index (χ1v) is 20.1. The Morgan fingerprint density at radius 2 is 1.02 bits per heavy atom. The Morgan fingerprint density at radius 3 is 1.51 bits per heavy atom. The third-order valence-corrected chi connectivity index (χ3v) is 8.58. The molecule has 0 radical (unpaired) electrons. The zero-order valence-electron chi connectivity index (χ0n) is 34.2. The SMILES string of the molecule is CNC(=O)CNC(=O)[C@H](C)NC(=O)[C@H](CC(N)=O)NC(=O)CNC(=O)CNC(=O)CNC(=O)[C@H](CCSC)NC(=O)CNC(=O)CNC(=O)[C@H](Cc1ccccc1)NC(C)=O. The van der Waals surface area contributed by atoms with Crippen molar-refractivity contribution in [2.24, 2.45) is 5.73 Å². The Bertz CT molecular complexity index is 1750. The first-order chi connectivity index (χ1) is 28.8. The van der Waals surface area contributed by atoms with E-state index in [1.807, 2.05) is 0 Å². The lowest BCUT2D eigenvalue weighted by molar-refractivity contribution is -0.134. The standard InChI is InChI=1S/C36H54N12O12S/c1-20(33(57)42-14-27(51)38-3)45-36(60)25(13-26(37)50)48-32(56)19-40-28(52)15-39-29(53)16-43-34(58)23(10-11-61-4)47-31(55)18-41-30(54)17-44-35(59)24(46-21(2)49)12-22-8-6-5-7-9-22/h5-9,20,23-25H,10-19H2,1-4H3,(H2,37,50)(H,38,51)(H,39,53)(H,40,52)(H,41,54)(H,42,57)(H,43,58)(H,44,59)(H,45,60)(H,46,49)(H,47,55)(H,48,56)/t20-,23-,24-,25-/m0/s1. The molecule has 25 heteroatoms. The first kappa shape index (κ1) is 52.2. The van der Waals surface area contributed by atoms with Gasteiger partial charge in [-0.05, 0) is 30.9 Å². The van der Waals surface area contributed by atoms with E-state index in [9.17, 15) is 57.5 Å². The molecule has 4 atom stereocenters. The van der Waals surface area contributed by atoms with Crippen LogP contribution in [0.2, 0.25) is 0 Å². The Hall–Kier alpha value is -6.79. The van der Waals surface area contributed by atoms with Gasteiger partial charge in [0.1, 0.15) is 24.2 Å². The van der Waals surface area contributed by atoms with Crippen LogP contribution < -0.4 is 64.2 Å². The summed E-state index contributed by atoms with van der Waals surface area (Å²) in [5, 5.41) is 25.6. The van der Waals surface area contributed by atoms with Gasteiger partial charge in [0.25, 0.3) is 0 Å². The molecule has 24 nitrogen and oxygen atoms in total. The van der Waals surface area contributed by atoms with Crippen LogP contribution in [0.25, 0.3) is 0 Å². The van der Waals surface area contributed by atoms with Crippen molar-refractivity contribution in [1.29, 1.82) is 0 Å². The van der Waals surface area contributed by atoms with Crippen molar-refractivity contribution < 1.29 is 57.5 Å². The van der Waals surface area contributed by atoms with Crippen molar-refractivity contribution in [2.75, 3.05) is 58.3 Å². The molecular formula is C36H54N12O12S. The minimum atomic E-state index is -1.52. The molecular weight excluding hydrogens is 825 g/mol. The molecule has 61 heavy (non-hydrogen) atoms. The van der Waals surface area contributed by atoms with Crippen LogP contribution in [0.15, 0.2) is 30.3 Å². The molecule has 0 fully saturated rings. The minimum Gasteiger partial charge on any atom is -0.370 e. The average molecular weight is 879 g/mol. The fourth-order valence-electron chi connectivity index (χ4n) is 4.80. The van der Waals surface area contributed by atoms with Gasteiger partial charge in [0.2, 0.25) is 70.9 Å². The average Bonchev–Trinajstić information content (AvgIpc) is 3.22. The van der Waals surface area contributed by atoms with Gasteiger partial charge in [-0.15, -0.1) is 0 Å². The molecule has 0 saturated carbocycles. The molecule has 1 rings (SSSR count). The third-order valence-electron chi connectivity index (χ3n) is 7.93. The second-order valence-electron chi connectivity index (χ2n) is 13.0. The van der Waals surface area contributed by atoms with Crippen molar-refractivity contribution in [3.05, 3.63) is 35.9 Å². The summed E-state index contributed by atoms with van der Waals surface area (Å²) in [5.74, 6) is -8.57. The number of benzene rings is 1. The van der Waals surface area contributed by atoms with Gasteiger partial charge in [0.05, 0.1) is 45.7 Å². The van der Waals surface area contributed by atoms with Gasteiger partial charge in [-0.3, -0.25) is 57.5 Å². The highest BCUT2D eigenvalue weighted by atomic mass is 32.2. The molecule has 13 N–H and O–H groups in total. The van der Waals surface area contributed by atoms with E-state index >= 15 is 0 Å². The number of nitrogens with two attached hydrogens (primary N) is 1. The van der Waals surface area contributed by atoms with Crippen LogP contribution in [0.1, 0.15) is 32.3 Å². The van der Waals surface area contributed by atoms with Crippen molar-refractivity contribution in [3.8, 4) is 0 Å². The van der Waals surface area contributed by atoms with E-state index in [0.29, 0.717) is 5.75 Å². The van der Waals surface area contributed by atoms with Gasteiger partial charge in [0.15, 0.2) is 0 Å². The van der Waals surface area contributed by atoms with E-state index in [0.717, 1.165) is 5.56 Å². The quantitative estimate of drug-likeness (QED) is 0.0392. The van der Waals surface area contributed by atoms with Gasteiger partial charge < -0.3 is 64.2 Å². The largest absolute Gasteiger partial charge is 0.370 e. The summed E-state index contributed by atoms with van der Waals surface area (Å²) in [6.45, 7) is -0.811. The van der Waals surface area contributed by atoms with E-state index in [2.05, 4.69) is 58.5 Å². The van der Waals surface area contributed by atoms with Crippen LogP contribution in [0.5, 0.6) is 0 Å². The molecule has 12 amide bonds. The molecule has 0 bridgehead atoms. The Morgan fingerprint density at radius 1 is 0.557 bits per heavy atom. The number of hydrogen-bond donors (Lipinski definition) is 12. The molecule has 0 aliphatic carbocycles. The summed E-state index contributed by atoms with van der Waals surface area (Å²) in [7, 11) is 1.36. The number of hydrogen-bond acceptors (Lipinski definition) is 13. The zero-order chi connectivity index (χ0) is 45.9. The molecule has 1 aromatic rings. The van der Waals surface area contributed by atoms with Crippen LogP contribution in [0.4, 0.5) is 0 Å². The van der Waals surface area contributed by atoms with Gasteiger partial charge >= 0.3 is 0 Å². The van der Waals surface area contributed by atoms with Crippen molar-refractivity contribution in [2.45, 2.75) is 57.3 Å². The van der Waals surface area contributed by atoms with E-state index in [-0.39, 0.29) is 19.4 Å². The van der Waals surface area contributed by atoms with E-state index in [1.165, 1.54) is 32.7 Å². The van der Waals surface area contributed by atoms with Gasteiger partial charge in [-0.1, -0.05) is 30.3 Å². The second kappa shape index (κ2) is 28.6. The normalized spacial score (nSPS) is 12.3. The lowest BCUT2D eigenvalue weighted by Crippen LogP contribution is -2.55.